The van der Waals surface area contributed by atoms with Gasteiger partial charge in [0, 0.05) is 18.7 Å². The van der Waals surface area contributed by atoms with E-state index < -0.39 is 0 Å². The molecule has 0 amide bonds. The molecule has 1 aromatic heterocycles. The monoisotopic (exact) mass is 198 g/mol. The Morgan fingerprint density at radius 1 is 1.77 bits per heavy atom. The van der Waals surface area contributed by atoms with Crippen LogP contribution in [0.4, 0.5) is 0 Å². The van der Waals surface area contributed by atoms with Gasteiger partial charge in [0.05, 0.1) is 16.5 Å². The van der Waals surface area contributed by atoms with Crippen molar-refractivity contribution in [2.45, 2.75) is 12.5 Å². The van der Waals surface area contributed by atoms with Gasteiger partial charge in [-0.15, -0.1) is 11.3 Å². The number of aromatic nitrogens is 1. The third-order valence-electron chi connectivity index (χ3n) is 2.62. The van der Waals surface area contributed by atoms with Gasteiger partial charge in [-0.25, -0.2) is 0 Å². The minimum atomic E-state index is -0.308. The Kier molecular flexibility index (Phi) is 2.62. The number of aliphatic hydroxyl groups is 1. The van der Waals surface area contributed by atoms with Crippen LogP contribution in [0.5, 0.6) is 0 Å². The number of rotatable bonds is 2. The van der Waals surface area contributed by atoms with E-state index in [1.165, 1.54) is 11.3 Å². The number of hydrogen-bond donors (Lipinski definition) is 1. The van der Waals surface area contributed by atoms with Crippen molar-refractivity contribution in [2.24, 2.45) is 5.92 Å². The molecule has 2 atom stereocenters. The van der Waals surface area contributed by atoms with Gasteiger partial charge in [0.15, 0.2) is 0 Å². The molecule has 2 heterocycles. The minimum absolute atomic E-state index is 0.308. The summed E-state index contributed by atoms with van der Waals surface area (Å²) in [7, 11) is 2.10. The molecule has 1 fully saturated rings. The predicted octanol–water partition coefficient (Wildman–Crippen LogP) is 1.13. The average Bonchev–Trinajstić information content (AvgIpc) is 2.72. The number of likely N-dealkylation sites (tertiary alicyclic amines) is 1. The van der Waals surface area contributed by atoms with E-state index in [0.29, 0.717) is 5.92 Å². The molecule has 0 aliphatic carbocycles. The van der Waals surface area contributed by atoms with Gasteiger partial charge < -0.3 is 10.0 Å². The van der Waals surface area contributed by atoms with Gasteiger partial charge in [-0.3, -0.25) is 4.98 Å². The molecule has 0 bridgehead atoms. The minimum Gasteiger partial charge on any atom is -0.387 e. The SMILES string of the molecule is CN1CCC(C(O)c2cncs2)C1. The van der Waals surface area contributed by atoms with Crippen molar-refractivity contribution >= 4 is 11.3 Å². The lowest BCUT2D eigenvalue weighted by atomic mass is 10.0. The predicted molar refractivity (Wildman–Crippen MR) is 52.7 cm³/mol. The van der Waals surface area contributed by atoms with Crippen molar-refractivity contribution < 1.29 is 5.11 Å². The molecule has 0 saturated carbocycles. The highest BCUT2D eigenvalue weighted by Gasteiger charge is 2.27. The summed E-state index contributed by atoms with van der Waals surface area (Å²) in [5, 5.41) is 9.97. The Balaban J connectivity index is 2.02. The summed E-state index contributed by atoms with van der Waals surface area (Å²) >= 11 is 1.54. The standard InChI is InChI=1S/C9H14N2OS/c1-11-3-2-7(5-11)9(12)8-4-10-6-13-8/h4,6-7,9,12H,2-3,5H2,1H3. The fraction of sp³-hybridized carbons (Fsp3) is 0.667. The van der Waals surface area contributed by atoms with Crippen LogP contribution in [-0.4, -0.2) is 35.1 Å². The van der Waals surface area contributed by atoms with Crippen LogP contribution < -0.4 is 0 Å². The molecule has 0 aromatic carbocycles. The first kappa shape index (κ1) is 9.12. The topological polar surface area (TPSA) is 36.4 Å². The van der Waals surface area contributed by atoms with Crippen LogP contribution in [0.25, 0.3) is 0 Å². The van der Waals surface area contributed by atoms with E-state index in [1.54, 1.807) is 11.7 Å². The molecule has 2 rings (SSSR count). The van der Waals surface area contributed by atoms with Gasteiger partial charge in [-0.1, -0.05) is 0 Å². The van der Waals surface area contributed by atoms with Crippen LogP contribution in [0.3, 0.4) is 0 Å². The maximum Gasteiger partial charge on any atom is 0.0938 e. The summed E-state index contributed by atoms with van der Waals surface area (Å²) in [5.74, 6) is 0.394. The van der Waals surface area contributed by atoms with E-state index in [1.807, 2.05) is 0 Å². The molecule has 2 unspecified atom stereocenters. The van der Waals surface area contributed by atoms with Crippen LogP contribution in [-0.2, 0) is 0 Å². The zero-order valence-electron chi connectivity index (χ0n) is 7.68. The van der Waals surface area contributed by atoms with Crippen molar-refractivity contribution in [3.05, 3.63) is 16.6 Å². The van der Waals surface area contributed by atoms with Crippen molar-refractivity contribution in [2.75, 3.05) is 20.1 Å². The van der Waals surface area contributed by atoms with E-state index in [-0.39, 0.29) is 6.10 Å². The zero-order valence-corrected chi connectivity index (χ0v) is 8.50. The maximum absolute atomic E-state index is 9.97. The maximum atomic E-state index is 9.97. The summed E-state index contributed by atoms with van der Waals surface area (Å²) in [6.45, 7) is 2.10. The van der Waals surface area contributed by atoms with Gasteiger partial charge in [0.2, 0.25) is 0 Å². The largest absolute Gasteiger partial charge is 0.387 e. The van der Waals surface area contributed by atoms with Crippen LogP contribution >= 0.6 is 11.3 Å². The molecule has 1 aromatic rings. The molecule has 1 N–H and O–H groups in total. The fourth-order valence-corrected chi connectivity index (χ4v) is 2.53. The first-order valence-electron chi connectivity index (χ1n) is 4.52. The zero-order chi connectivity index (χ0) is 9.26. The Morgan fingerprint density at radius 2 is 2.62 bits per heavy atom. The first-order chi connectivity index (χ1) is 6.27. The highest BCUT2D eigenvalue weighted by molar-refractivity contribution is 7.09. The second-order valence-electron chi connectivity index (χ2n) is 3.66. The second-order valence-corrected chi connectivity index (χ2v) is 4.58. The van der Waals surface area contributed by atoms with E-state index >= 15 is 0 Å². The van der Waals surface area contributed by atoms with Gasteiger partial charge >= 0.3 is 0 Å². The third kappa shape index (κ3) is 1.90. The number of thiazole rings is 1. The Bertz CT molecular complexity index is 263. The molecule has 0 radical (unpaired) electrons. The van der Waals surface area contributed by atoms with Crippen LogP contribution in [0.2, 0.25) is 0 Å². The third-order valence-corrected chi connectivity index (χ3v) is 3.46. The summed E-state index contributed by atoms with van der Waals surface area (Å²) in [6, 6.07) is 0. The van der Waals surface area contributed by atoms with Crippen LogP contribution in [0.1, 0.15) is 17.4 Å². The lowest BCUT2D eigenvalue weighted by Crippen LogP contribution is -2.17. The summed E-state index contributed by atoms with van der Waals surface area (Å²) in [5.41, 5.74) is 1.78. The van der Waals surface area contributed by atoms with E-state index in [0.717, 1.165) is 24.4 Å². The van der Waals surface area contributed by atoms with Crippen molar-refractivity contribution in [1.82, 2.24) is 9.88 Å². The second kappa shape index (κ2) is 3.74. The molecule has 1 saturated heterocycles. The molecular formula is C9H14N2OS. The van der Waals surface area contributed by atoms with Crippen molar-refractivity contribution in [3.63, 3.8) is 0 Å². The quantitative estimate of drug-likeness (QED) is 0.774. The molecule has 13 heavy (non-hydrogen) atoms. The molecule has 1 aliphatic rings. The van der Waals surface area contributed by atoms with Gasteiger partial charge in [0.1, 0.15) is 0 Å². The van der Waals surface area contributed by atoms with Crippen LogP contribution in [0.15, 0.2) is 11.7 Å². The summed E-state index contributed by atoms with van der Waals surface area (Å²) in [4.78, 5) is 7.24. The average molecular weight is 198 g/mol. The number of nitrogens with zero attached hydrogens (tertiary/aromatic N) is 2. The Hall–Kier alpha value is -0.450. The summed E-state index contributed by atoms with van der Waals surface area (Å²) < 4.78 is 0. The van der Waals surface area contributed by atoms with E-state index in [9.17, 15) is 5.11 Å². The summed E-state index contributed by atoms with van der Waals surface area (Å²) in [6.07, 6.45) is 2.56. The van der Waals surface area contributed by atoms with Gasteiger partial charge in [-0.05, 0) is 20.0 Å². The molecule has 0 spiro atoms. The number of aliphatic hydroxyl groups excluding tert-OH is 1. The highest BCUT2D eigenvalue weighted by atomic mass is 32.1. The van der Waals surface area contributed by atoms with Crippen molar-refractivity contribution in [3.8, 4) is 0 Å². The van der Waals surface area contributed by atoms with E-state index in [2.05, 4.69) is 16.9 Å². The lowest BCUT2D eigenvalue weighted by molar-refractivity contribution is 0.116. The molecular weight excluding hydrogens is 184 g/mol. The highest BCUT2D eigenvalue weighted by Crippen LogP contribution is 2.30. The Labute approximate surface area is 82.0 Å². The first-order valence-corrected chi connectivity index (χ1v) is 5.40. The lowest BCUT2D eigenvalue weighted by Gasteiger charge is -2.15. The smallest absolute Gasteiger partial charge is 0.0938 e. The Morgan fingerprint density at radius 3 is 3.15 bits per heavy atom. The molecule has 3 nitrogen and oxygen atoms in total. The normalized spacial score (nSPS) is 26.5. The molecule has 1 aliphatic heterocycles. The van der Waals surface area contributed by atoms with Gasteiger partial charge in [-0.2, -0.15) is 0 Å². The fourth-order valence-electron chi connectivity index (χ4n) is 1.83. The molecule has 72 valence electrons. The van der Waals surface area contributed by atoms with E-state index in [4.69, 9.17) is 0 Å². The number of hydrogen-bond acceptors (Lipinski definition) is 4. The van der Waals surface area contributed by atoms with Crippen LogP contribution in [0, 0.1) is 5.92 Å². The van der Waals surface area contributed by atoms with Crippen molar-refractivity contribution in [1.29, 1.82) is 0 Å². The molecule has 4 heteroatoms. The van der Waals surface area contributed by atoms with Gasteiger partial charge in [0.25, 0.3) is 0 Å².